The Hall–Kier alpha value is -0.240. The Morgan fingerprint density at radius 3 is 2.56 bits per heavy atom. The zero-order chi connectivity index (χ0) is 13.0. The molecule has 1 saturated heterocycles. The summed E-state index contributed by atoms with van der Waals surface area (Å²) in [6, 6.07) is 5.78. The number of hydrogen-bond donors (Lipinski definition) is 1. The number of halogens is 2. The molecule has 1 aromatic carbocycles. The summed E-state index contributed by atoms with van der Waals surface area (Å²) >= 11 is 12.6. The zero-order valence-electron chi connectivity index (χ0n) is 10.9. The molecular weight excluding hydrogens is 265 g/mol. The van der Waals surface area contributed by atoms with E-state index in [0.717, 1.165) is 35.0 Å². The largest absolute Gasteiger partial charge is 0.311 e. The Labute approximate surface area is 120 Å². The lowest BCUT2D eigenvalue weighted by Crippen LogP contribution is -2.46. The van der Waals surface area contributed by atoms with Crippen molar-refractivity contribution < 1.29 is 0 Å². The second-order valence-electron chi connectivity index (χ2n) is 5.25. The fourth-order valence-corrected chi connectivity index (χ4v) is 3.36. The summed E-state index contributed by atoms with van der Waals surface area (Å²) in [5.41, 5.74) is 1.27. The minimum Gasteiger partial charge on any atom is -0.311 e. The van der Waals surface area contributed by atoms with Gasteiger partial charge in [-0.05, 0) is 49.9 Å². The van der Waals surface area contributed by atoms with Crippen LogP contribution < -0.4 is 5.32 Å². The molecule has 1 aliphatic rings. The molecular formula is C15H21Cl2N. The van der Waals surface area contributed by atoms with Crippen LogP contribution in [-0.2, 0) is 6.42 Å². The van der Waals surface area contributed by atoms with Gasteiger partial charge in [-0.25, -0.2) is 0 Å². The van der Waals surface area contributed by atoms with Crippen molar-refractivity contribution in [2.75, 3.05) is 6.54 Å². The molecule has 1 atom stereocenters. The van der Waals surface area contributed by atoms with E-state index >= 15 is 0 Å². The standard InChI is InChI=1S/C15H21Cl2N/c1-2-15(9-4-3-5-10-18-15)11-12-13(16)7-6-8-14(12)17/h6-8,18H,2-5,9-11H2,1H3. The van der Waals surface area contributed by atoms with Gasteiger partial charge >= 0.3 is 0 Å². The molecule has 0 aliphatic carbocycles. The summed E-state index contributed by atoms with van der Waals surface area (Å²) in [5.74, 6) is 0. The topological polar surface area (TPSA) is 12.0 Å². The Balaban J connectivity index is 2.23. The van der Waals surface area contributed by atoms with Crippen molar-refractivity contribution in [3.05, 3.63) is 33.8 Å². The molecule has 100 valence electrons. The molecule has 18 heavy (non-hydrogen) atoms. The van der Waals surface area contributed by atoms with Gasteiger partial charge < -0.3 is 5.32 Å². The Kier molecular flexibility index (Phi) is 4.94. The lowest BCUT2D eigenvalue weighted by Gasteiger charge is -2.33. The van der Waals surface area contributed by atoms with E-state index in [1.54, 1.807) is 0 Å². The summed E-state index contributed by atoms with van der Waals surface area (Å²) in [5, 5.41) is 5.32. The van der Waals surface area contributed by atoms with Crippen molar-refractivity contribution in [1.29, 1.82) is 0 Å². The molecule has 1 unspecified atom stereocenters. The van der Waals surface area contributed by atoms with E-state index in [9.17, 15) is 0 Å². The molecule has 1 heterocycles. The van der Waals surface area contributed by atoms with Gasteiger partial charge in [0.1, 0.15) is 0 Å². The molecule has 2 rings (SSSR count). The summed E-state index contributed by atoms with van der Waals surface area (Å²) in [6.07, 6.45) is 7.16. The van der Waals surface area contributed by atoms with E-state index in [1.165, 1.54) is 25.7 Å². The van der Waals surface area contributed by atoms with Crippen LogP contribution in [0.2, 0.25) is 10.0 Å². The number of rotatable bonds is 3. The summed E-state index contributed by atoms with van der Waals surface area (Å²) in [6.45, 7) is 3.36. The molecule has 1 aromatic rings. The van der Waals surface area contributed by atoms with E-state index in [1.807, 2.05) is 18.2 Å². The summed E-state index contributed by atoms with van der Waals surface area (Å²) < 4.78 is 0. The third-order valence-corrected chi connectivity index (χ3v) is 4.79. The maximum atomic E-state index is 6.30. The fraction of sp³-hybridized carbons (Fsp3) is 0.600. The first kappa shape index (κ1) is 14.2. The molecule has 3 heteroatoms. The quantitative estimate of drug-likeness (QED) is 0.837. The molecule has 0 spiro atoms. The molecule has 0 radical (unpaired) electrons. The Bertz CT molecular complexity index is 375. The van der Waals surface area contributed by atoms with Crippen LogP contribution in [-0.4, -0.2) is 12.1 Å². The second-order valence-corrected chi connectivity index (χ2v) is 6.06. The van der Waals surface area contributed by atoms with E-state index in [4.69, 9.17) is 23.2 Å². The average Bonchev–Trinajstić information content (AvgIpc) is 2.60. The predicted molar refractivity (Wildman–Crippen MR) is 79.7 cm³/mol. The number of hydrogen-bond acceptors (Lipinski definition) is 1. The van der Waals surface area contributed by atoms with Crippen molar-refractivity contribution in [3.8, 4) is 0 Å². The van der Waals surface area contributed by atoms with Crippen LogP contribution in [0.4, 0.5) is 0 Å². The number of nitrogens with one attached hydrogen (secondary N) is 1. The molecule has 1 N–H and O–H groups in total. The normalized spacial score (nSPS) is 24.8. The van der Waals surface area contributed by atoms with Gasteiger partial charge in [-0.3, -0.25) is 0 Å². The van der Waals surface area contributed by atoms with Crippen molar-refractivity contribution in [1.82, 2.24) is 5.32 Å². The average molecular weight is 286 g/mol. The lowest BCUT2D eigenvalue weighted by atomic mass is 9.84. The fourth-order valence-electron chi connectivity index (χ4n) is 2.82. The smallest absolute Gasteiger partial charge is 0.0453 e. The molecule has 1 aliphatic heterocycles. The second kappa shape index (κ2) is 6.27. The lowest BCUT2D eigenvalue weighted by molar-refractivity contribution is 0.302. The maximum absolute atomic E-state index is 6.30. The van der Waals surface area contributed by atoms with E-state index in [0.29, 0.717) is 0 Å². The molecule has 0 amide bonds. The van der Waals surface area contributed by atoms with Crippen LogP contribution >= 0.6 is 23.2 Å². The highest BCUT2D eigenvalue weighted by Gasteiger charge is 2.30. The summed E-state index contributed by atoms with van der Waals surface area (Å²) in [7, 11) is 0. The monoisotopic (exact) mass is 285 g/mol. The molecule has 0 bridgehead atoms. The van der Waals surface area contributed by atoms with Crippen LogP contribution in [0.25, 0.3) is 0 Å². The molecule has 0 aromatic heterocycles. The Morgan fingerprint density at radius 1 is 1.17 bits per heavy atom. The Morgan fingerprint density at radius 2 is 1.89 bits per heavy atom. The van der Waals surface area contributed by atoms with Gasteiger partial charge in [0.15, 0.2) is 0 Å². The van der Waals surface area contributed by atoms with Gasteiger partial charge in [0, 0.05) is 15.6 Å². The third kappa shape index (κ3) is 3.20. The third-order valence-electron chi connectivity index (χ3n) is 4.09. The highest BCUT2D eigenvalue weighted by Crippen LogP contribution is 2.33. The van der Waals surface area contributed by atoms with Gasteiger partial charge in [-0.2, -0.15) is 0 Å². The highest BCUT2D eigenvalue weighted by molar-refractivity contribution is 6.36. The minimum absolute atomic E-state index is 0.172. The van der Waals surface area contributed by atoms with Gasteiger partial charge in [-0.1, -0.05) is 49.0 Å². The summed E-state index contributed by atoms with van der Waals surface area (Å²) in [4.78, 5) is 0. The van der Waals surface area contributed by atoms with Crippen LogP contribution in [0.1, 0.15) is 44.6 Å². The van der Waals surface area contributed by atoms with Crippen LogP contribution in [0.5, 0.6) is 0 Å². The van der Waals surface area contributed by atoms with E-state index in [-0.39, 0.29) is 5.54 Å². The molecule has 1 nitrogen and oxygen atoms in total. The van der Waals surface area contributed by atoms with Gasteiger partial charge in [0.05, 0.1) is 0 Å². The van der Waals surface area contributed by atoms with Crippen molar-refractivity contribution >= 4 is 23.2 Å². The van der Waals surface area contributed by atoms with E-state index in [2.05, 4.69) is 12.2 Å². The van der Waals surface area contributed by atoms with Crippen LogP contribution in [0.3, 0.4) is 0 Å². The van der Waals surface area contributed by atoms with Gasteiger partial charge in [-0.15, -0.1) is 0 Å². The van der Waals surface area contributed by atoms with Crippen LogP contribution in [0, 0.1) is 0 Å². The van der Waals surface area contributed by atoms with Crippen LogP contribution in [0.15, 0.2) is 18.2 Å². The molecule has 0 saturated carbocycles. The number of benzene rings is 1. The molecule has 1 fully saturated rings. The van der Waals surface area contributed by atoms with E-state index < -0.39 is 0 Å². The first-order valence-electron chi connectivity index (χ1n) is 6.85. The first-order chi connectivity index (χ1) is 8.67. The van der Waals surface area contributed by atoms with Crippen molar-refractivity contribution in [3.63, 3.8) is 0 Å². The highest BCUT2D eigenvalue weighted by atomic mass is 35.5. The maximum Gasteiger partial charge on any atom is 0.0453 e. The zero-order valence-corrected chi connectivity index (χ0v) is 12.4. The minimum atomic E-state index is 0.172. The van der Waals surface area contributed by atoms with Gasteiger partial charge in [0.25, 0.3) is 0 Å². The first-order valence-corrected chi connectivity index (χ1v) is 7.60. The predicted octanol–water partition coefficient (Wildman–Crippen LogP) is 4.85. The SMILES string of the molecule is CCC1(Cc2c(Cl)cccc2Cl)CCCCCN1. The van der Waals surface area contributed by atoms with Crippen molar-refractivity contribution in [2.45, 2.75) is 51.0 Å². The van der Waals surface area contributed by atoms with Crippen molar-refractivity contribution in [2.24, 2.45) is 0 Å². The van der Waals surface area contributed by atoms with Gasteiger partial charge in [0.2, 0.25) is 0 Å².